The topological polar surface area (TPSA) is 105 Å². The van der Waals surface area contributed by atoms with E-state index >= 15 is 0 Å². The Morgan fingerprint density at radius 2 is 1.42 bits per heavy atom. The van der Waals surface area contributed by atoms with Crippen molar-refractivity contribution in [3.8, 4) is 0 Å². The van der Waals surface area contributed by atoms with Crippen LogP contribution in [-0.2, 0) is 38.1 Å². The smallest absolute Gasteiger partial charge is 0.339 e. The van der Waals surface area contributed by atoms with Crippen LogP contribution in [-0.4, -0.2) is 50.8 Å². The monoisotopic (exact) mass is 276 g/mol. The number of carbonyl (C=O) groups is 4. The zero-order chi connectivity index (χ0) is 15.1. The van der Waals surface area contributed by atoms with Crippen LogP contribution in [0, 0.1) is 0 Å². The molecule has 8 heteroatoms. The molecule has 108 valence electrons. The summed E-state index contributed by atoms with van der Waals surface area (Å²) in [6.07, 6.45) is -1.19. The molecule has 0 saturated heterocycles. The van der Waals surface area contributed by atoms with E-state index < -0.39 is 42.3 Å². The molecule has 0 fully saturated rings. The molecule has 0 spiro atoms. The van der Waals surface area contributed by atoms with E-state index in [-0.39, 0.29) is 0 Å². The number of ether oxygens (including phenoxy) is 4. The van der Waals surface area contributed by atoms with Crippen LogP contribution in [0.15, 0.2) is 0 Å². The maximum atomic E-state index is 11.7. The predicted octanol–water partition coefficient (Wildman–Crippen LogP) is -0.412. The first-order chi connectivity index (χ1) is 8.81. The fraction of sp³-hybridized carbons (Fsp3) is 0.636. The van der Waals surface area contributed by atoms with Gasteiger partial charge in [0.1, 0.15) is 0 Å². The average Bonchev–Trinajstić information content (AvgIpc) is 2.35. The predicted molar refractivity (Wildman–Crippen MR) is 59.8 cm³/mol. The molecule has 8 nitrogen and oxygen atoms in total. The maximum absolute atomic E-state index is 11.7. The van der Waals surface area contributed by atoms with Crippen LogP contribution in [0.25, 0.3) is 0 Å². The second-order valence-corrected chi connectivity index (χ2v) is 3.59. The highest BCUT2D eigenvalue weighted by Crippen LogP contribution is 2.23. The van der Waals surface area contributed by atoms with E-state index in [2.05, 4.69) is 14.2 Å². The number of hydrogen-bond donors (Lipinski definition) is 0. The van der Waals surface area contributed by atoms with Crippen LogP contribution in [0.1, 0.15) is 19.8 Å². The number of carbonyl (C=O) groups excluding carboxylic acids is 4. The van der Waals surface area contributed by atoms with Crippen molar-refractivity contribution in [2.45, 2.75) is 25.4 Å². The normalized spacial score (nSPS) is 13.1. The highest BCUT2D eigenvalue weighted by Gasteiger charge is 2.45. The Bertz CT molecular complexity index is 375. The third kappa shape index (κ3) is 5.04. The van der Waals surface area contributed by atoms with Gasteiger partial charge in [-0.25, -0.2) is 4.79 Å². The van der Waals surface area contributed by atoms with Crippen molar-refractivity contribution in [3.63, 3.8) is 0 Å². The van der Waals surface area contributed by atoms with Gasteiger partial charge in [0.05, 0.1) is 27.1 Å². The molecule has 0 aromatic carbocycles. The third-order valence-electron chi connectivity index (χ3n) is 2.29. The lowest BCUT2D eigenvalue weighted by Crippen LogP contribution is -2.46. The zero-order valence-corrected chi connectivity index (χ0v) is 11.2. The Morgan fingerprint density at radius 3 is 1.79 bits per heavy atom. The molecule has 0 aliphatic heterocycles. The van der Waals surface area contributed by atoms with Gasteiger partial charge in [-0.1, -0.05) is 0 Å². The molecule has 0 rings (SSSR count). The van der Waals surface area contributed by atoms with Gasteiger partial charge in [0, 0.05) is 14.0 Å². The number of esters is 4. The van der Waals surface area contributed by atoms with Gasteiger partial charge in [0.2, 0.25) is 0 Å². The van der Waals surface area contributed by atoms with E-state index in [0.717, 1.165) is 28.3 Å². The first kappa shape index (κ1) is 17.0. The Morgan fingerprint density at radius 1 is 0.895 bits per heavy atom. The van der Waals surface area contributed by atoms with Crippen molar-refractivity contribution < 1.29 is 38.1 Å². The summed E-state index contributed by atoms with van der Waals surface area (Å²) < 4.78 is 18.1. The summed E-state index contributed by atoms with van der Waals surface area (Å²) >= 11 is 0. The van der Waals surface area contributed by atoms with Crippen molar-refractivity contribution >= 4 is 23.9 Å². The molecule has 0 N–H and O–H groups in total. The fourth-order valence-electron chi connectivity index (χ4n) is 1.36. The minimum atomic E-state index is -1.88. The summed E-state index contributed by atoms with van der Waals surface area (Å²) in [5, 5.41) is 0. The van der Waals surface area contributed by atoms with E-state index in [1.54, 1.807) is 0 Å². The zero-order valence-electron chi connectivity index (χ0n) is 11.2. The van der Waals surface area contributed by atoms with Crippen LogP contribution < -0.4 is 0 Å². The molecule has 0 amide bonds. The van der Waals surface area contributed by atoms with Crippen molar-refractivity contribution in [1.29, 1.82) is 0 Å². The van der Waals surface area contributed by atoms with Crippen molar-refractivity contribution in [2.75, 3.05) is 21.3 Å². The summed E-state index contributed by atoms with van der Waals surface area (Å²) in [4.78, 5) is 45.1. The maximum Gasteiger partial charge on any atom is 0.339 e. The molecule has 1 unspecified atom stereocenters. The standard InChI is InChI=1S/C11H16O8/c1-7(12)19-9(14)6-11(18-4,10(15)17-3)5-8(13)16-2/h5-6H2,1-4H3. The van der Waals surface area contributed by atoms with Gasteiger partial charge < -0.3 is 18.9 Å². The Labute approximate surface area is 109 Å². The van der Waals surface area contributed by atoms with E-state index in [1.165, 1.54) is 0 Å². The third-order valence-corrected chi connectivity index (χ3v) is 2.29. The fourth-order valence-corrected chi connectivity index (χ4v) is 1.36. The van der Waals surface area contributed by atoms with E-state index in [1.807, 2.05) is 0 Å². The molecule has 19 heavy (non-hydrogen) atoms. The summed E-state index contributed by atoms with van der Waals surface area (Å²) in [5.74, 6) is -3.56. The molecule has 0 heterocycles. The van der Waals surface area contributed by atoms with Gasteiger partial charge in [-0.2, -0.15) is 0 Å². The van der Waals surface area contributed by atoms with E-state index in [9.17, 15) is 19.2 Å². The van der Waals surface area contributed by atoms with E-state index in [4.69, 9.17) is 4.74 Å². The largest absolute Gasteiger partial charge is 0.469 e. The van der Waals surface area contributed by atoms with Gasteiger partial charge in [-0.3, -0.25) is 14.4 Å². The lowest BCUT2D eigenvalue weighted by Gasteiger charge is -2.27. The van der Waals surface area contributed by atoms with Crippen LogP contribution >= 0.6 is 0 Å². The Hall–Kier alpha value is -1.96. The molecule has 1 atom stereocenters. The first-order valence-electron chi connectivity index (χ1n) is 5.23. The molecule has 0 aliphatic carbocycles. The summed E-state index contributed by atoms with van der Waals surface area (Å²) in [6.45, 7) is 1.03. The van der Waals surface area contributed by atoms with Crippen LogP contribution in [0.4, 0.5) is 0 Å². The molecule has 0 radical (unpaired) electrons. The van der Waals surface area contributed by atoms with Crippen molar-refractivity contribution in [3.05, 3.63) is 0 Å². The van der Waals surface area contributed by atoms with Gasteiger partial charge in [0.25, 0.3) is 0 Å². The van der Waals surface area contributed by atoms with Crippen molar-refractivity contribution in [2.24, 2.45) is 0 Å². The molecular weight excluding hydrogens is 260 g/mol. The lowest BCUT2D eigenvalue weighted by molar-refractivity contribution is -0.180. The minimum absolute atomic E-state index is 0.542. The Balaban J connectivity index is 5.12. The second kappa shape index (κ2) is 7.47. The van der Waals surface area contributed by atoms with Crippen LogP contribution in [0.2, 0.25) is 0 Å². The van der Waals surface area contributed by atoms with Crippen LogP contribution in [0.5, 0.6) is 0 Å². The SMILES string of the molecule is COC(=O)CC(CC(=O)OC(C)=O)(OC)C(=O)OC. The van der Waals surface area contributed by atoms with Gasteiger partial charge in [-0.15, -0.1) is 0 Å². The quantitative estimate of drug-likeness (QED) is 0.366. The van der Waals surface area contributed by atoms with Crippen molar-refractivity contribution in [1.82, 2.24) is 0 Å². The highest BCUT2D eigenvalue weighted by atomic mass is 16.6. The van der Waals surface area contributed by atoms with E-state index in [0.29, 0.717) is 0 Å². The molecule has 0 aromatic heterocycles. The molecule has 0 saturated carbocycles. The van der Waals surface area contributed by atoms with Gasteiger partial charge in [0.15, 0.2) is 5.60 Å². The highest BCUT2D eigenvalue weighted by molar-refractivity contribution is 5.92. The minimum Gasteiger partial charge on any atom is -0.469 e. The number of methoxy groups -OCH3 is 3. The number of hydrogen-bond acceptors (Lipinski definition) is 8. The second-order valence-electron chi connectivity index (χ2n) is 3.59. The van der Waals surface area contributed by atoms with Gasteiger partial charge >= 0.3 is 23.9 Å². The molecule has 0 bridgehead atoms. The molecular formula is C11H16O8. The number of rotatable bonds is 6. The first-order valence-corrected chi connectivity index (χ1v) is 5.23. The Kier molecular flexibility index (Phi) is 6.70. The summed E-state index contributed by atoms with van der Waals surface area (Å²) in [5.41, 5.74) is -1.88. The lowest BCUT2D eigenvalue weighted by atomic mass is 9.95. The summed E-state index contributed by atoms with van der Waals surface area (Å²) in [7, 11) is 3.32. The molecule has 0 aliphatic rings. The average molecular weight is 276 g/mol. The molecule has 0 aromatic rings. The van der Waals surface area contributed by atoms with Crippen LogP contribution in [0.3, 0.4) is 0 Å². The van der Waals surface area contributed by atoms with Gasteiger partial charge in [-0.05, 0) is 0 Å². The summed E-state index contributed by atoms with van der Waals surface area (Å²) in [6, 6.07) is 0.